The maximum Gasteiger partial charge on any atom is 0.332 e. The van der Waals surface area contributed by atoms with Crippen molar-refractivity contribution >= 4 is 5.91 Å². The second-order valence-corrected chi connectivity index (χ2v) is 4.82. The van der Waals surface area contributed by atoms with Gasteiger partial charge in [-0.25, -0.2) is 4.79 Å². The van der Waals surface area contributed by atoms with Crippen LogP contribution in [0.1, 0.15) is 39.0 Å². The average molecular weight is 185 g/mol. The Morgan fingerprint density at radius 2 is 2.00 bits per heavy atom. The average Bonchev–Trinajstić information content (AvgIpc) is 1.94. The zero-order chi connectivity index (χ0) is 10.1. The van der Waals surface area contributed by atoms with E-state index >= 15 is 0 Å². The third-order valence-electron chi connectivity index (χ3n) is 3.33. The van der Waals surface area contributed by atoms with Crippen LogP contribution >= 0.6 is 0 Å². The van der Waals surface area contributed by atoms with Gasteiger partial charge in [-0.2, -0.15) is 10.4 Å². The molecule has 0 atom stereocenters. The second-order valence-electron chi connectivity index (χ2n) is 4.82. The molecule has 13 heavy (non-hydrogen) atoms. The number of hydrogen-bond acceptors (Lipinski definition) is 2. The monoisotopic (exact) mass is 185 g/mol. The maximum absolute atomic E-state index is 11.7. The van der Waals surface area contributed by atoms with Crippen LogP contribution in [0.4, 0.5) is 0 Å². The Labute approximate surface area is 80.5 Å². The van der Waals surface area contributed by atoms with E-state index < -0.39 is 0 Å². The number of nitrogens with two attached hydrogens (primary N) is 1. The van der Waals surface area contributed by atoms with Gasteiger partial charge in [0.05, 0.1) is 20.5 Å². The van der Waals surface area contributed by atoms with Crippen molar-refractivity contribution in [1.29, 1.82) is 0 Å². The molecule has 1 amide bonds. The standard InChI is InChI=1S/C10H21N2O/c1-4-10(6-5-7-10)8-9(13)12(2,3)11/h4-8,11H2,1-3H3/q+1. The highest BCUT2D eigenvalue weighted by Crippen LogP contribution is 2.46. The van der Waals surface area contributed by atoms with E-state index in [1.54, 1.807) is 14.1 Å². The van der Waals surface area contributed by atoms with E-state index in [-0.39, 0.29) is 10.5 Å². The van der Waals surface area contributed by atoms with Crippen molar-refractivity contribution in [1.82, 2.24) is 0 Å². The molecule has 0 aliphatic heterocycles. The quantitative estimate of drug-likeness (QED) is 0.313. The number of nitrogens with zero attached hydrogens (tertiary/aromatic N) is 1. The fourth-order valence-electron chi connectivity index (χ4n) is 1.86. The van der Waals surface area contributed by atoms with Crippen LogP contribution in [-0.4, -0.2) is 24.6 Å². The molecule has 0 spiro atoms. The molecular weight excluding hydrogens is 164 g/mol. The molecule has 76 valence electrons. The van der Waals surface area contributed by atoms with Crippen LogP contribution in [0, 0.1) is 5.41 Å². The van der Waals surface area contributed by atoms with E-state index in [0.717, 1.165) is 6.42 Å². The Kier molecular flexibility index (Phi) is 2.78. The number of amides is 1. The van der Waals surface area contributed by atoms with Crippen molar-refractivity contribution in [3.8, 4) is 0 Å². The third kappa shape index (κ3) is 2.29. The zero-order valence-electron chi connectivity index (χ0n) is 8.97. The summed E-state index contributed by atoms with van der Waals surface area (Å²) in [5.41, 5.74) is 0.298. The first-order valence-electron chi connectivity index (χ1n) is 5.06. The van der Waals surface area contributed by atoms with Crippen molar-refractivity contribution in [2.45, 2.75) is 39.0 Å². The summed E-state index contributed by atoms with van der Waals surface area (Å²) in [4.78, 5) is 11.7. The summed E-state index contributed by atoms with van der Waals surface area (Å²) in [6.45, 7) is 2.17. The SMILES string of the molecule is CCC1(CC(=O)[N+](C)(C)N)CCC1. The van der Waals surface area contributed by atoms with Crippen molar-refractivity contribution in [3.63, 3.8) is 0 Å². The van der Waals surface area contributed by atoms with E-state index in [1.807, 2.05) is 0 Å². The molecule has 1 fully saturated rings. The molecule has 1 rings (SSSR count). The molecule has 1 aliphatic rings. The fourth-order valence-corrected chi connectivity index (χ4v) is 1.86. The molecule has 3 heteroatoms. The molecule has 1 saturated carbocycles. The van der Waals surface area contributed by atoms with E-state index in [4.69, 9.17) is 5.84 Å². The number of carbonyl (C=O) groups is 1. The lowest BCUT2D eigenvalue weighted by molar-refractivity contribution is -0.826. The van der Waals surface area contributed by atoms with Crippen LogP contribution in [0.2, 0.25) is 0 Å². The lowest BCUT2D eigenvalue weighted by Gasteiger charge is -2.41. The molecule has 0 saturated heterocycles. The van der Waals surface area contributed by atoms with Gasteiger partial charge < -0.3 is 0 Å². The Bertz CT molecular complexity index is 196. The first kappa shape index (κ1) is 10.7. The van der Waals surface area contributed by atoms with Crippen LogP contribution in [0.25, 0.3) is 0 Å². The second kappa shape index (κ2) is 3.39. The van der Waals surface area contributed by atoms with Crippen LogP contribution in [0.3, 0.4) is 0 Å². The molecule has 0 bridgehead atoms. The lowest BCUT2D eigenvalue weighted by Crippen LogP contribution is -2.53. The molecule has 0 aromatic heterocycles. The highest BCUT2D eigenvalue weighted by atomic mass is 16.2. The summed E-state index contributed by atoms with van der Waals surface area (Å²) < 4.78 is -0.0260. The summed E-state index contributed by atoms with van der Waals surface area (Å²) in [7, 11) is 3.48. The van der Waals surface area contributed by atoms with Crippen LogP contribution in [0.15, 0.2) is 0 Å². The predicted molar refractivity (Wildman–Crippen MR) is 52.5 cm³/mol. The van der Waals surface area contributed by atoms with Gasteiger partial charge in [0.2, 0.25) is 0 Å². The van der Waals surface area contributed by atoms with Gasteiger partial charge in [-0.1, -0.05) is 13.3 Å². The Hall–Kier alpha value is -0.410. The van der Waals surface area contributed by atoms with Crippen LogP contribution < -0.4 is 5.84 Å². The largest absolute Gasteiger partial charge is 0.332 e. The van der Waals surface area contributed by atoms with Gasteiger partial charge in [0.25, 0.3) is 0 Å². The van der Waals surface area contributed by atoms with Crippen LogP contribution in [-0.2, 0) is 4.79 Å². The lowest BCUT2D eigenvalue weighted by atomic mass is 9.65. The van der Waals surface area contributed by atoms with Gasteiger partial charge in [0.1, 0.15) is 0 Å². The topological polar surface area (TPSA) is 43.1 Å². The molecule has 3 nitrogen and oxygen atoms in total. The fraction of sp³-hybridized carbons (Fsp3) is 0.900. The summed E-state index contributed by atoms with van der Waals surface area (Å²) in [5.74, 6) is 5.86. The van der Waals surface area contributed by atoms with Gasteiger partial charge in [0.15, 0.2) is 0 Å². The maximum atomic E-state index is 11.7. The minimum absolute atomic E-state index is 0.0260. The Morgan fingerprint density at radius 1 is 1.46 bits per heavy atom. The number of hydrogen-bond donors (Lipinski definition) is 1. The third-order valence-corrected chi connectivity index (χ3v) is 3.33. The molecular formula is C10H21N2O+. The molecule has 0 aromatic rings. The van der Waals surface area contributed by atoms with E-state index in [1.165, 1.54) is 19.3 Å². The van der Waals surface area contributed by atoms with Gasteiger partial charge in [-0.15, -0.1) is 0 Å². The van der Waals surface area contributed by atoms with Crippen LogP contribution in [0.5, 0.6) is 0 Å². The van der Waals surface area contributed by atoms with Crippen molar-refractivity contribution in [2.24, 2.45) is 11.3 Å². The predicted octanol–water partition coefficient (Wildman–Crippen LogP) is 1.43. The minimum Gasteiger partial charge on any atom is -0.229 e. The van der Waals surface area contributed by atoms with Gasteiger partial charge in [-0.3, -0.25) is 0 Å². The van der Waals surface area contributed by atoms with Gasteiger partial charge >= 0.3 is 5.91 Å². The minimum atomic E-state index is -0.0260. The Morgan fingerprint density at radius 3 is 2.23 bits per heavy atom. The smallest absolute Gasteiger partial charge is 0.229 e. The molecule has 1 aliphatic carbocycles. The molecule has 2 N–H and O–H groups in total. The van der Waals surface area contributed by atoms with E-state index in [9.17, 15) is 4.79 Å². The summed E-state index contributed by atoms with van der Waals surface area (Å²) in [6, 6.07) is 0. The van der Waals surface area contributed by atoms with E-state index in [0.29, 0.717) is 11.8 Å². The number of quaternary nitrogens is 1. The van der Waals surface area contributed by atoms with E-state index in [2.05, 4.69) is 6.92 Å². The molecule has 0 heterocycles. The molecule has 0 radical (unpaired) electrons. The van der Waals surface area contributed by atoms with Gasteiger partial charge in [-0.05, 0) is 24.7 Å². The summed E-state index contributed by atoms with van der Waals surface area (Å²) in [6.07, 6.45) is 5.45. The number of carbonyl (C=O) groups excluding carboxylic acids is 1. The highest BCUT2D eigenvalue weighted by molar-refractivity contribution is 5.69. The van der Waals surface area contributed by atoms with Gasteiger partial charge in [0, 0.05) is 0 Å². The first-order valence-corrected chi connectivity index (χ1v) is 5.06. The highest BCUT2D eigenvalue weighted by Gasteiger charge is 2.40. The zero-order valence-corrected chi connectivity index (χ0v) is 8.97. The molecule has 0 unspecified atom stereocenters. The molecule has 0 aromatic carbocycles. The number of rotatable bonds is 3. The first-order chi connectivity index (χ1) is 5.90. The summed E-state index contributed by atoms with van der Waals surface area (Å²) in [5, 5.41) is 0. The van der Waals surface area contributed by atoms with Crippen molar-refractivity contribution in [3.05, 3.63) is 0 Å². The normalized spacial score (nSPS) is 20.9. The summed E-state index contributed by atoms with van der Waals surface area (Å²) >= 11 is 0. The van der Waals surface area contributed by atoms with Crippen molar-refractivity contribution < 1.29 is 9.39 Å². The van der Waals surface area contributed by atoms with Crippen molar-refractivity contribution in [2.75, 3.05) is 14.1 Å². The Balaban J connectivity index is 2.52.